The number of hydrogen-bond donors (Lipinski definition) is 2. The van der Waals surface area contributed by atoms with Gasteiger partial charge in [-0.2, -0.15) is 0 Å². The fourth-order valence-electron chi connectivity index (χ4n) is 4.42. The first-order chi connectivity index (χ1) is 13.1. The molecule has 2 aromatic rings. The van der Waals surface area contributed by atoms with Crippen molar-refractivity contribution < 1.29 is 14.3 Å². The van der Waals surface area contributed by atoms with Crippen LogP contribution in [0.3, 0.4) is 0 Å². The number of hydrogen-bond acceptors (Lipinski definition) is 4. The van der Waals surface area contributed by atoms with E-state index in [1.165, 1.54) is 12.3 Å². The van der Waals surface area contributed by atoms with Gasteiger partial charge < -0.3 is 20.3 Å². The Morgan fingerprint density at radius 3 is 2.57 bits per heavy atom. The summed E-state index contributed by atoms with van der Waals surface area (Å²) >= 11 is 0. The van der Waals surface area contributed by atoms with Gasteiger partial charge in [0.25, 0.3) is 0 Å². The molecule has 1 saturated heterocycles. The molecule has 6 nitrogen and oxygen atoms in total. The number of halogens is 1. The van der Waals surface area contributed by atoms with Crippen molar-refractivity contribution in [1.29, 1.82) is 0 Å². The lowest BCUT2D eigenvalue weighted by Crippen LogP contribution is -2.52. The molecule has 1 aliphatic carbocycles. The maximum atomic E-state index is 15.2. The van der Waals surface area contributed by atoms with Crippen LogP contribution in [0.15, 0.2) is 17.1 Å². The Labute approximate surface area is 162 Å². The molecule has 0 spiro atoms. The first-order valence-electron chi connectivity index (χ1n) is 9.73. The van der Waals surface area contributed by atoms with Gasteiger partial charge in [0.15, 0.2) is 0 Å². The molecule has 7 heteroatoms. The number of nitrogens with two attached hydrogens (primary N) is 1. The van der Waals surface area contributed by atoms with Crippen LogP contribution in [0.4, 0.5) is 10.1 Å². The summed E-state index contributed by atoms with van der Waals surface area (Å²) in [7, 11) is 0. The lowest BCUT2D eigenvalue weighted by Gasteiger charge is -2.44. The molecule has 3 N–H and O–H groups in total. The summed E-state index contributed by atoms with van der Waals surface area (Å²) in [5, 5.41) is 9.54. The number of carboxylic acid groups (broad SMARTS) is 1. The van der Waals surface area contributed by atoms with Crippen molar-refractivity contribution in [3.63, 3.8) is 0 Å². The summed E-state index contributed by atoms with van der Waals surface area (Å²) in [5.74, 6) is -1.77. The number of fused-ring (bicyclic) bond motifs is 1. The topological polar surface area (TPSA) is 88.6 Å². The minimum Gasteiger partial charge on any atom is -0.477 e. The molecule has 2 aliphatic rings. The Balaban J connectivity index is 1.96. The van der Waals surface area contributed by atoms with Crippen LogP contribution in [0, 0.1) is 18.2 Å². The minimum atomic E-state index is -1.28. The zero-order chi connectivity index (χ0) is 20.4. The van der Waals surface area contributed by atoms with Gasteiger partial charge in [-0.3, -0.25) is 4.79 Å². The molecule has 0 radical (unpaired) electrons. The number of carboxylic acids is 1. The van der Waals surface area contributed by atoms with Gasteiger partial charge in [0.2, 0.25) is 5.43 Å². The van der Waals surface area contributed by atoms with Crippen molar-refractivity contribution in [3.8, 4) is 0 Å². The third kappa shape index (κ3) is 2.89. The molecule has 4 rings (SSSR count). The molecule has 150 valence electrons. The highest BCUT2D eigenvalue weighted by molar-refractivity contribution is 5.95. The number of anilines is 1. The zero-order valence-corrected chi connectivity index (χ0v) is 16.5. The van der Waals surface area contributed by atoms with E-state index < -0.39 is 17.2 Å². The van der Waals surface area contributed by atoms with E-state index in [1.807, 2.05) is 16.4 Å². The Kier molecular flexibility index (Phi) is 4.26. The number of aryl methyl sites for hydroxylation is 1. The van der Waals surface area contributed by atoms with Crippen LogP contribution in [-0.2, 0) is 0 Å². The fourth-order valence-corrected chi connectivity index (χ4v) is 4.42. The van der Waals surface area contributed by atoms with Crippen molar-refractivity contribution in [1.82, 2.24) is 4.57 Å². The second-order valence-corrected chi connectivity index (χ2v) is 8.85. The van der Waals surface area contributed by atoms with Gasteiger partial charge in [0.05, 0.1) is 11.2 Å². The quantitative estimate of drug-likeness (QED) is 0.845. The summed E-state index contributed by atoms with van der Waals surface area (Å²) in [6, 6.07) is 1.42. The SMILES string of the molecule is Cc1c(N2CC[C@@H](N)C(C)(C)C2)c(F)cc2c(=O)c(C(=O)O)cn(C3CC3)c12. The number of carbonyl (C=O) groups is 1. The largest absolute Gasteiger partial charge is 0.477 e. The predicted octanol–water partition coefficient (Wildman–Crippen LogP) is 3.05. The van der Waals surface area contributed by atoms with Gasteiger partial charge in [-0.1, -0.05) is 13.8 Å². The van der Waals surface area contributed by atoms with Crippen molar-refractivity contribution in [2.24, 2.45) is 11.1 Å². The average molecular weight is 387 g/mol. The number of aromatic nitrogens is 1. The van der Waals surface area contributed by atoms with E-state index in [1.54, 1.807) is 0 Å². The monoisotopic (exact) mass is 387 g/mol. The van der Waals surface area contributed by atoms with Gasteiger partial charge in [0.1, 0.15) is 11.4 Å². The van der Waals surface area contributed by atoms with Gasteiger partial charge in [-0.15, -0.1) is 0 Å². The van der Waals surface area contributed by atoms with Crippen LogP contribution in [0.5, 0.6) is 0 Å². The maximum absolute atomic E-state index is 15.2. The highest BCUT2D eigenvalue weighted by atomic mass is 19.1. The zero-order valence-electron chi connectivity index (χ0n) is 16.5. The Hall–Kier alpha value is -2.41. The highest BCUT2D eigenvalue weighted by Crippen LogP contribution is 2.41. The lowest BCUT2D eigenvalue weighted by atomic mass is 9.79. The number of piperidine rings is 1. The maximum Gasteiger partial charge on any atom is 0.341 e. The third-order valence-electron chi connectivity index (χ3n) is 6.28. The minimum absolute atomic E-state index is 0.0512. The second kappa shape index (κ2) is 6.30. The third-order valence-corrected chi connectivity index (χ3v) is 6.28. The van der Waals surface area contributed by atoms with Crippen LogP contribution in [0.2, 0.25) is 0 Å². The van der Waals surface area contributed by atoms with Crippen LogP contribution in [0.1, 0.15) is 55.1 Å². The molecule has 0 bridgehead atoms. The summed E-state index contributed by atoms with van der Waals surface area (Å²) in [6.45, 7) is 7.25. The first kappa shape index (κ1) is 18.9. The van der Waals surface area contributed by atoms with Crippen LogP contribution in [-0.4, -0.2) is 34.8 Å². The molecule has 2 fully saturated rings. The van der Waals surface area contributed by atoms with E-state index in [-0.39, 0.29) is 28.4 Å². The van der Waals surface area contributed by atoms with E-state index in [4.69, 9.17) is 5.73 Å². The first-order valence-corrected chi connectivity index (χ1v) is 9.73. The average Bonchev–Trinajstić information content (AvgIpc) is 3.43. The second-order valence-electron chi connectivity index (χ2n) is 8.85. The van der Waals surface area contributed by atoms with E-state index >= 15 is 4.39 Å². The molecule has 1 atom stereocenters. The van der Waals surface area contributed by atoms with Crippen molar-refractivity contribution in [3.05, 3.63) is 39.4 Å². The highest BCUT2D eigenvalue weighted by Gasteiger charge is 2.36. The van der Waals surface area contributed by atoms with Crippen molar-refractivity contribution in [2.45, 2.75) is 52.1 Å². The number of pyridine rings is 1. The standard InChI is InChI=1S/C21H26FN3O3/c1-11-17-13(19(26)14(20(27)28)9-25(17)12-4-5-12)8-15(22)18(11)24-7-6-16(23)21(2,3)10-24/h8-9,12,16H,4-7,10,23H2,1-3H3,(H,27,28)/t16-/m1/s1. The van der Waals surface area contributed by atoms with E-state index in [0.717, 1.165) is 19.3 Å². The van der Waals surface area contributed by atoms with Crippen molar-refractivity contribution >= 4 is 22.6 Å². The molecule has 0 unspecified atom stereocenters. The molecular weight excluding hydrogens is 361 g/mol. The summed E-state index contributed by atoms with van der Waals surface area (Å²) in [6.07, 6.45) is 4.04. The molecule has 1 aromatic heterocycles. The Morgan fingerprint density at radius 2 is 2.00 bits per heavy atom. The normalized spacial score (nSPS) is 21.9. The van der Waals surface area contributed by atoms with E-state index in [2.05, 4.69) is 13.8 Å². The number of benzene rings is 1. The fraction of sp³-hybridized carbons (Fsp3) is 0.524. The summed E-state index contributed by atoms with van der Waals surface area (Å²) < 4.78 is 17.1. The molecule has 28 heavy (non-hydrogen) atoms. The molecule has 0 amide bonds. The summed E-state index contributed by atoms with van der Waals surface area (Å²) in [4.78, 5) is 26.2. The molecule has 1 aliphatic heterocycles. The summed E-state index contributed by atoms with van der Waals surface area (Å²) in [5.41, 5.74) is 6.95. The lowest BCUT2D eigenvalue weighted by molar-refractivity contribution is 0.0695. The van der Waals surface area contributed by atoms with Gasteiger partial charge in [-0.25, -0.2) is 9.18 Å². The Morgan fingerprint density at radius 1 is 1.32 bits per heavy atom. The van der Waals surface area contributed by atoms with E-state index in [0.29, 0.717) is 29.9 Å². The molecule has 1 saturated carbocycles. The molecule has 1 aromatic carbocycles. The van der Waals surface area contributed by atoms with Gasteiger partial charge in [0, 0.05) is 36.8 Å². The number of aromatic carboxylic acids is 1. The predicted molar refractivity (Wildman–Crippen MR) is 107 cm³/mol. The molecular formula is C21H26FN3O3. The van der Waals surface area contributed by atoms with Crippen LogP contribution >= 0.6 is 0 Å². The number of rotatable bonds is 3. The van der Waals surface area contributed by atoms with Gasteiger partial charge >= 0.3 is 5.97 Å². The van der Waals surface area contributed by atoms with E-state index in [9.17, 15) is 14.7 Å². The van der Waals surface area contributed by atoms with Crippen LogP contribution < -0.4 is 16.1 Å². The van der Waals surface area contributed by atoms with Crippen molar-refractivity contribution in [2.75, 3.05) is 18.0 Å². The van der Waals surface area contributed by atoms with Crippen LogP contribution in [0.25, 0.3) is 10.9 Å². The van der Waals surface area contributed by atoms with Gasteiger partial charge in [-0.05, 0) is 43.2 Å². The molecule has 2 heterocycles. The number of nitrogens with zero attached hydrogens (tertiary/aromatic N) is 2. The Bertz CT molecular complexity index is 1040. The smallest absolute Gasteiger partial charge is 0.341 e.